The van der Waals surface area contributed by atoms with Crippen molar-refractivity contribution in [2.75, 3.05) is 31.1 Å². The third-order valence-corrected chi connectivity index (χ3v) is 6.28. The van der Waals surface area contributed by atoms with Gasteiger partial charge in [-0.05, 0) is 24.0 Å². The molecule has 0 aliphatic carbocycles. The molecule has 0 spiro atoms. The Kier molecular flexibility index (Phi) is 5.16. The van der Waals surface area contributed by atoms with Gasteiger partial charge in [0.1, 0.15) is 5.82 Å². The van der Waals surface area contributed by atoms with Crippen molar-refractivity contribution < 1.29 is 4.52 Å². The van der Waals surface area contributed by atoms with Gasteiger partial charge in [-0.2, -0.15) is 4.98 Å². The Hall–Kier alpha value is -2.51. The van der Waals surface area contributed by atoms with Crippen LogP contribution in [0.2, 0.25) is 5.02 Å². The van der Waals surface area contributed by atoms with Gasteiger partial charge < -0.3 is 9.42 Å². The minimum atomic E-state index is 0.293. The molecule has 2 aliphatic heterocycles. The second kappa shape index (κ2) is 7.96. The molecule has 3 aromatic rings. The fourth-order valence-electron chi connectivity index (χ4n) is 4.42. The van der Waals surface area contributed by atoms with E-state index in [0.29, 0.717) is 17.8 Å². The second-order valence-electron chi connectivity index (χ2n) is 8.59. The molecule has 0 amide bonds. The zero-order valence-corrected chi connectivity index (χ0v) is 18.0. The number of aromatic nitrogens is 4. The van der Waals surface area contributed by atoms with Gasteiger partial charge in [0.25, 0.3) is 0 Å². The topological polar surface area (TPSA) is 71.2 Å². The van der Waals surface area contributed by atoms with Gasteiger partial charge in [0.15, 0.2) is 5.82 Å². The summed E-state index contributed by atoms with van der Waals surface area (Å²) >= 11 is 5.97. The number of halogens is 1. The van der Waals surface area contributed by atoms with Crippen LogP contribution < -0.4 is 4.90 Å². The van der Waals surface area contributed by atoms with Crippen molar-refractivity contribution in [1.82, 2.24) is 25.0 Å². The van der Waals surface area contributed by atoms with Gasteiger partial charge in [0.2, 0.25) is 5.89 Å². The molecule has 30 heavy (non-hydrogen) atoms. The normalized spacial score (nSPS) is 21.5. The SMILES string of the molecule is CC(C)c1noc(CN2CC3CN(c4cnc(-c5ccc(Cl)cc5)cn4)CC3C2)n1. The van der Waals surface area contributed by atoms with Crippen LogP contribution in [-0.2, 0) is 6.54 Å². The molecular formula is C22H25ClN6O. The molecule has 2 aliphatic rings. The summed E-state index contributed by atoms with van der Waals surface area (Å²) in [6.07, 6.45) is 3.73. The maximum atomic E-state index is 5.97. The van der Waals surface area contributed by atoms with Crippen molar-refractivity contribution in [1.29, 1.82) is 0 Å². The summed E-state index contributed by atoms with van der Waals surface area (Å²) in [7, 11) is 0. The number of rotatable bonds is 5. The first-order valence-corrected chi connectivity index (χ1v) is 10.8. The molecule has 0 bridgehead atoms. The largest absolute Gasteiger partial charge is 0.355 e. The van der Waals surface area contributed by atoms with Gasteiger partial charge in [-0.3, -0.25) is 9.88 Å². The Morgan fingerprint density at radius 1 is 1.03 bits per heavy atom. The monoisotopic (exact) mass is 424 g/mol. The molecule has 5 rings (SSSR count). The highest BCUT2D eigenvalue weighted by Gasteiger charge is 2.40. The number of nitrogens with zero attached hydrogens (tertiary/aromatic N) is 6. The van der Waals surface area contributed by atoms with Gasteiger partial charge in [-0.1, -0.05) is 42.7 Å². The predicted molar refractivity (Wildman–Crippen MR) is 115 cm³/mol. The van der Waals surface area contributed by atoms with Crippen molar-refractivity contribution in [3.05, 3.63) is 53.4 Å². The Bertz CT molecular complexity index is 989. The zero-order chi connectivity index (χ0) is 20.7. The molecule has 0 N–H and O–H groups in total. The lowest BCUT2D eigenvalue weighted by Gasteiger charge is -2.21. The molecule has 2 saturated heterocycles. The highest BCUT2D eigenvalue weighted by Crippen LogP contribution is 2.34. The van der Waals surface area contributed by atoms with E-state index < -0.39 is 0 Å². The maximum absolute atomic E-state index is 5.97. The Morgan fingerprint density at radius 2 is 1.77 bits per heavy atom. The molecule has 2 fully saturated rings. The lowest BCUT2D eigenvalue weighted by Crippen LogP contribution is -2.29. The number of likely N-dealkylation sites (tertiary alicyclic amines) is 1. The summed E-state index contributed by atoms with van der Waals surface area (Å²) in [5.41, 5.74) is 1.88. The maximum Gasteiger partial charge on any atom is 0.240 e. The van der Waals surface area contributed by atoms with Crippen molar-refractivity contribution in [3.63, 3.8) is 0 Å². The van der Waals surface area contributed by atoms with E-state index in [1.54, 1.807) is 0 Å². The minimum absolute atomic E-state index is 0.293. The van der Waals surface area contributed by atoms with E-state index in [2.05, 4.69) is 43.8 Å². The number of fused-ring (bicyclic) bond motifs is 1. The third-order valence-electron chi connectivity index (χ3n) is 6.02. The summed E-state index contributed by atoms with van der Waals surface area (Å²) < 4.78 is 5.42. The highest BCUT2D eigenvalue weighted by atomic mass is 35.5. The first-order chi connectivity index (χ1) is 14.5. The average molecular weight is 425 g/mol. The lowest BCUT2D eigenvalue weighted by molar-refractivity contribution is 0.254. The predicted octanol–water partition coefficient (Wildman–Crippen LogP) is 3.87. The number of anilines is 1. The van der Waals surface area contributed by atoms with Crippen LogP contribution in [0.3, 0.4) is 0 Å². The van der Waals surface area contributed by atoms with E-state index in [1.165, 1.54) is 0 Å². The van der Waals surface area contributed by atoms with Crippen molar-refractivity contribution in [2.24, 2.45) is 11.8 Å². The first-order valence-electron chi connectivity index (χ1n) is 10.4. The van der Waals surface area contributed by atoms with Crippen LogP contribution >= 0.6 is 11.6 Å². The number of hydrogen-bond acceptors (Lipinski definition) is 7. The average Bonchev–Trinajstić information content (AvgIpc) is 3.44. The molecule has 2 aromatic heterocycles. The number of benzene rings is 1. The Balaban J connectivity index is 1.18. The molecule has 0 radical (unpaired) electrons. The van der Waals surface area contributed by atoms with Crippen LogP contribution in [0.25, 0.3) is 11.3 Å². The minimum Gasteiger partial charge on any atom is -0.355 e. The number of hydrogen-bond donors (Lipinski definition) is 0. The van der Waals surface area contributed by atoms with Crippen molar-refractivity contribution >= 4 is 17.4 Å². The van der Waals surface area contributed by atoms with Gasteiger partial charge in [0, 0.05) is 42.7 Å². The molecule has 2 atom stereocenters. The van der Waals surface area contributed by atoms with E-state index in [1.807, 2.05) is 36.7 Å². The summed E-state index contributed by atoms with van der Waals surface area (Å²) in [4.78, 5) is 18.6. The van der Waals surface area contributed by atoms with Crippen LogP contribution in [0.15, 0.2) is 41.2 Å². The molecule has 0 saturated carbocycles. The van der Waals surface area contributed by atoms with Gasteiger partial charge >= 0.3 is 0 Å². The summed E-state index contributed by atoms with van der Waals surface area (Å²) in [5, 5.41) is 4.79. The van der Waals surface area contributed by atoms with E-state index in [-0.39, 0.29) is 0 Å². The first kappa shape index (κ1) is 19.5. The molecule has 1 aromatic carbocycles. The van der Waals surface area contributed by atoms with Crippen molar-refractivity contribution in [2.45, 2.75) is 26.3 Å². The van der Waals surface area contributed by atoms with E-state index in [4.69, 9.17) is 16.1 Å². The molecule has 7 nitrogen and oxygen atoms in total. The molecular weight excluding hydrogens is 400 g/mol. The van der Waals surface area contributed by atoms with Crippen LogP contribution in [0.4, 0.5) is 5.82 Å². The van der Waals surface area contributed by atoms with Crippen LogP contribution in [0.1, 0.15) is 31.5 Å². The Labute approximate surface area is 181 Å². The molecule has 2 unspecified atom stereocenters. The quantitative estimate of drug-likeness (QED) is 0.615. The third kappa shape index (κ3) is 3.91. The summed E-state index contributed by atoms with van der Waals surface area (Å²) in [6, 6.07) is 7.68. The van der Waals surface area contributed by atoms with Crippen LogP contribution in [0.5, 0.6) is 0 Å². The van der Waals surface area contributed by atoms with Gasteiger partial charge in [0.05, 0.1) is 24.6 Å². The fourth-order valence-corrected chi connectivity index (χ4v) is 4.54. The summed E-state index contributed by atoms with van der Waals surface area (Å²) in [6.45, 7) is 9.02. The fraction of sp³-hybridized carbons (Fsp3) is 0.455. The van der Waals surface area contributed by atoms with Gasteiger partial charge in [-0.15, -0.1) is 0 Å². The van der Waals surface area contributed by atoms with Crippen molar-refractivity contribution in [3.8, 4) is 11.3 Å². The second-order valence-corrected chi connectivity index (χ2v) is 9.02. The lowest BCUT2D eigenvalue weighted by atomic mass is 10.0. The standard InChI is InChI=1S/C22H25ClN6O/c1-14(2)22-26-21(30-27-22)13-28-9-16-11-29(12-17(16)10-28)20-8-24-19(7-25-20)15-3-5-18(23)6-4-15/h3-8,14,16-17H,9-13H2,1-2H3. The highest BCUT2D eigenvalue weighted by molar-refractivity contribution is 6.30. The van der Waals surface area contributed by atoms with E-state index in [0.717, 1.165) is 66.5 Å². The molecule has 156 valence electrons. The molecule has 8 heteroatoms. The Morgan fingerprint density at radius 3 is 2.37 bits per heavy atom. The smallest absolute Gasteiger partial charge is 0.240 e. The summed E-state index contributed by atoms with van der Waals surface area (Å²) in [5.74, 6) is 4.02. The van der Waals surface area contributed by atoms with Gasteiger partial charge in [-0.25, -0.2) is 4.98 Å². The van der Waals surface area contributed by atoms with Crippen LogP contribution in [-0.4, -0.2) is 51.2 Å². The zero-order valence-electron chi connectivity index (χ0n) is 17.2. The molecule has 4 heterocycles. The van der Waals surface area contributed by atoms with Crippen LogP contribution in [0, 0.1) is 11.8 Å². The van der Waals surface area contributed by atoms with E-state index in [9.17, 15) is 0 Å². The van der Waals surface area contributed by atoms with E-state index >= 15 is 0 Å².